The van der Waals surface area contributed by atoms with Gasteiger partial charge in [-0.25, -0.2) is 4.79 Å². The Morgan fingerprint density at radius 2 is 1.67 bits per heavy atom. The van der Waals surface area contributed by atoms with Gasteiger partial charge in [0.25, 0.3) is 5.91 Å². The lowest BCUT2D eigenvalue weighted by Crippen LogP contribution is -2.57. The van der Waals surface area contributed by atoms with E-state index in [-0.39, 0.29) is 30.6 Å². The number of amides is 4. The van der Waals surface area contributed by atoms with Gasteiger partial charge in [-0.3, -0.25) is 9.59 Å². The van der Waals surface area contributed by atoms with Gasteiger partial charge >= 0.3 is 6.03 Å². The van der Waals surface area contributed by atoms with Crippen LogP contribution in [0.1, 0.15) is 24.2 Å². The molecule has 0 radical (unpaired) electrons. The average Bonchev–Trinajstić information content (AvgIpc) is 3.53. The van der Waals surface area contributed by atoms with Crippen LogP contribution in [0.15, 0.2) is 48.7 Å². The second-order valence-corrected chi connectivity index (χ2v) is 9.26. The number of carbonyl (C=O) groups is 3. The summed E-state index contributed by atoms with van der Waals surface area (Å²) in [5.74, 6) is 0.691. The number of hydrogen-bond acceptors (Lipinski definition) is 5. The fourth-order valence-electron chi connectivity index (χ4n) is 4.49. The summed E-state index contributed by atoms with van der Waals surface area (Å²) in [5.41, 5.74) is 2.11. The first kappa shape index (κ1) is 23.5. The molecule has 2 aliphatic rings. The van der Waals surface area contributed by atoms with E-state index < -0.39 is 6.04 Å². The standard InChI is InChI=1S/C26H29N5O5/c1-16(2)23(24(32)28-17-7-8-21-22(13-17)36-15-35-21)29-26(34)31-11-9-30(10-12-31)25(33)19-14-27-20-6-4-3-5-18(19)20/h3-8,13-14,16,23,27H,9-12,15H2,1-2H3,(H,28,32)(H,29,34)/t23-/m0/s1. The molecule has 0 unspecified atom stereocenters. The molecule has 1 fully saturated rings. The molecular weight excluding hydrogens is 462 g/mol. The van der Waals surface area contributed by atoms with Gasteiger partial charge in [-0.05, 0) is 24.1 Å². The zero-order valence-electron chi connectivity index (χ0n) is 20.2. The van der Waals surface area contributed by atoms with Crippen molar-refractivity contribution in [3.05, 3.63) is 54.2 Å². The molecule has 1 atom stereocenters. The topological polar surface area (TPSA) is 116 Å². The maximum atomic E-state index is 13.1. The molecule has 3 heterocycles. The SMILES string of the molecule is CC(C)[C@H](NC(=O)N1CCN(C(=O)c2c[nH]c3ccccc23)CC1)C(=O)Nc1ccc2c(c1)OCO2. The number of benzene rings is 2. The highest BCUT2D eigenvalue weighted by Gasteiger charge is 2.30. The number of ether oxygens (including phenoxy) is 2. The molecule has 10 nitrogen and oxygen atoms in total. The highest BCUT2D eigenvalue weighted by molar-refractivity contribution is 6.06. The number of nitrogens with zero attached hydrogens (tertiary/aromatic N) is 2. The number of fused-ring (bicyclic) bond motifs is 2. The van der Waals surface area contributed by atoms with Crippen LogP contribution < -0.4 is 20.1 Å². The Bertz CT molecular complexity index is 1290. The summed E-state index contributed by atoms with van der Waals surface area (Å²) in [6, 6.07) is 11.8. The number of piperazine rings is 1. The van der Waals surface area contributed by atoms with Crippen LogP contribution in [0.4, 0.5) is 10.5 Å². The van der Waals surface area contributed by atoms with Crippen molar-refractivity contribution in [2.75, 3.05) is 38.3 Å². The lowest BCUT2D eigenvalue weighted by molar-refractivity contribution is -0.118. The maximum absolute atomic E-state index is 13.1. The molecule has 36 heavy (non-hydrogen) atoms. The maximum Gasteiger partial charge on any atom is 0.318 e. The Hall–Kier alpha value is -4.21. The van der Waals surface area contributed by atoms with Gasteiger partial charge in [0.2, 0.25) is 12.7 Å². The first-order valence-corrected chi connectivity index (χ1v) is 12.0. The fourth-order valence-corrected chi connectivity index (χ4v) is 4.49. The molecule has 0 aliphatic carbocycles. The van der Waals surface area contributed by atoms with Crippen LogP contribution in [0.3, 0.4) is 0 Å². The number of anilines is 1. The van der Waals surface area contributed by atoms with Gasteiger partial charge in [-0.2, -0.15) is 0 Å². The Morgan fingerprint density at radius 1 is 0.944 bits per heavy atom. The van der Waals surface area contributed by atoms with Gasteiger partial charge in [0.05, 0.1) is 5.56 Å². The molecule has 3 aromatic rings. The van der Waals surface area contributed by atoms with Crippen molar-refractivity contribution in [1.82, 2.24) is 20.1 Å². The Balaban J connectivity index is 1.17. The predicted molar refractivity (Wildman–Crippen MR) is 134 cm³/mol. The first-order valence-electron chi connectivity index (χ1n) is 12.0. The van der Waals surface area contributed by atoms with Crippen LogP contribution in [-0.2, 0) is 4.79 Å². The number of para-hydroxylation sites is 1. The minimum Gasteiger partial charge on any atom is -0.454 e. The molecule has 0 spiro atoms. The van der Waals surface area contributed by atoms with Crippen LogP contribution in [0.2, 0.25) is 0 Å². The number of carbonyl (C=O) groups excluding carboxylic acids is 3. The van der Waals surface area contributed by atoms with Crippen molar-refractivity contribution < 1.29 is 23.9 Å². The number of aromatic nitrogens is 1. The number of aromatic amines is 1. The lowest BCUT2D eigenvalue weighted by Gasteiger charge is -2.35. The van der Waals surface area contributed by atoms with Crippen LogP contribution >= 0.6 is 0 Å². The molecule has 0 saturated carbocycles. The third kappa shape index (κ3) is 4.66. The van der Waals surface area contributed by atoms with Crippen LogP contribution in [0.5, 0.6) is 11.5 Å². The summed E-state index contributed by atoms with van der Waals surface area (Å²) >= 11 is 0. The van der Waals surface area contributed by atoms with Crippen LogP contribution in [0.25, 0.3) is 10.9 Å². The van der Waals surface area contributed by atoms with Crippen LogP contribution in [-0.4, -0.2) is 71.6 Å². The van der Waals surface area contributed by atoms with E-state index in [1.807, 2.05) is 38.1 Å². The third-order valence-corrected chi connectivity index (χ3v) is 6.54. The number of urea groups is 1. The van der Waals surface area contributed by atoms with E-state index >= 15 is 0 Å². The summed E-state index contributed by atoms with van der Waals surface area (Å²) in [6.07, 6.45) is 1.73. The Kier molecular flexibility index (Phi) is 6.41. The van der Waals surface area contributed by atoms with Crippen molar-refractivity contribution in [1.29, 1.82) is 0 Å². The number of hydrogen-bond donors (Lipinski definition) is 3. The second kappa shape index (κ2) is 9.80. The summed E-state index contributed by atoms with van der Waals surface area (Å²) in [4.78, 5) is 45.6. The van der Waals surface area contributed by atoms with Crippen LogP contribution in [0, 0.1) is 5.92 Å². The van der Waals surface area contributed by atoms with Crippen molar-refractivity contribution in [2.24, 2.45) is 5.92 Å². The minimum absolute atomic E-state index is 0.0596. The molecule has 3 N–H and O–H groups in total. The smallest absolute Gasteiger partial charge is 0.318 e. The van der Waals surface area contributed by atoms with Gasteiger partial charge in [0.1, 0.15) is 6.04 Å². The van der Waals surface area contributed by atoms with Gasteiger partial charge in [-0.15, -0.1) is 0 Å². The summed E-state index contributed by atoms with van der Waals surface area (Å²) in [6.45, 7) is 5.51. The van der Waals surface area contributed by atoms with E-state index in [1.165, 1.54) is 0 Å². The molecular formula is C26H29N5O5. The second-order valence-electron chi connectivity index (χ2n) is 9.26. The average molecular weight is 492 g/mol. The molecule has 1 aromatic heterocycles. The molecule has 2 aliphatic heterocycles. The van der Waals surface area contributed by atoms with Crippen molar-refractivity contribution in [3.63, 3.8) is 0 Å². The van der Waals surface area contributed by atoms with Gasteiger partial charge in [0, 0.05) is 55.0 Å². The van der Waals surface area contributed by atoms with Gasteiger partial charge in [0.15, 0.2) is 11.5 Å². The monoisotopic (exact) mass is 491 g/mol. The van der Waals surface area contributed by atoms with Crippen molar-refractivity contribution >= 4 is 34.4 Å². The predicted octanol–water partition coefficient (Wildman–Crippen LogP) is 3.03. The quantitative estimate of drug-likeness (QED) is 0.507. The van der Waals surface area contributed by atoms with Gasteiger partial charge < -0.3 is 34.9 Å². The molecule has 188 valence electrons. The zero-order valence-corrected chi connectivity index (χ0v) is 20.2. The molecule has 0 bridgehead atoms. The molecule has 5 rings (SSSR count). The Morgan fingerprint density at radius 3 is 2.44 bits per heavy atom. The van der Waals surface area contributed by atoms with Crippen molar-refractivity contribution in [2.45, 2.75) is 19.9 Å². The first-order chi connectivity index (χ1) is 17.4. The molecule has 10 heteroatoms. The summed E-state index contributed by atoms with van der Waals surface area (Å²) < 4.78 is 10.7. The fraction of sp³-hybridized carbons (Fsp3) is 0.346. The number of H-pyrrole nitrogens is 1. The van der Waals surface area contributed by atoms with E-state index in [4.69, 9.17) is 9.47 Å². The van der Waals surface area contributed by atoms with E-state index in [2.05, 4.69) is 15.6 Å². The molecule has 4 amide bonds. The summed E-state index contributed by atoms with van der Waals surface area (Å²) in [7, 11) is 0. The molecule has 2 aromatic carbocycles. The van der Waals surface area contributed by atoms with Gasteiger partial charge in [-0.1, -0.05) is 32.0 Å². The van der Waals surface area contributed by atoms with Crippen molar-refractivity contribution in [3.8, 4) is 11.5 Å². The third-order valence-electron chi connectivity index (χ3n) is 6.54. The highest BCUT2D eigenvalue weighted by Crippen LogP contribution is 2.34. The Labute approximate surface area is 208 Å². The van der Waals surface area contributed by atoms with E-state index in [9.17, 15) is 14.4 Å². The van der Waals surface area contributed by atoms with E-state index in [1.54, 1.807) is 34.2 Å². The lowest BCUT2D eigenvalue weighted by atomic mass is 10.0. The normalized spacial score (nSPS) is 15.8. The van der Waals surface area contributed by atoms with E-state index in [0.29, 0.717) is 48.9 Å². The highest BCUT2D eigenvalue weighted by atomic mass is 16.7. The zero-order chi connectivity index (χ0) is 25.2. The number of rotatable bonds is 5. The largest absolute Gasteiger partial charge is 0.454 e. The minimum atomic E-state index is -0.728. The molecule has 1 saturated heterocycles. The number of nitrogens with one attached hydrogen (secondary N) is 3. The van der Waals surface area contributed by atoms with E-state index in [0.717, 1.165) is 10.9 Å². The summed E-state index contributed by atoms with van der Waals surface area (Å²) in [5, 5.41) is 6.60.